The highest BCUT2D eigenvalue weighted by molar-refractivity contribution is 7.17. The molecule has 70 valence electrons. The Morgan fingerprint density at radius 1 is 1.27 bits per heavy atom. The highest BCUT2D eigenvalue weighted by Crippen LogP contribution is 1.96. The maximum atomic E-state index is 9.76. The molecule has 0 atom stereocenters. The van der Waals surface area contributed by atoms with Crippen LogP contribution >= 0.6 is 33.5 Å². The second-order valence-electron chi connectivity index (χ2n) is 2.92. The Morgan fingerprint density at radius 3 is 2.00 bits per heavy atom. The molecule has 0 aromatic heterocycles. The molecule has 0 N–H and O–H groups in total. The average molecular weight is 223 g/mol. The van der Waals surface area contributed by atoms with Crippen molar-refractivity contribution in [1.29, 1.82) is 0 Å². The third-order valence-corrected chi connectivity index (χ3v) is 1.19. The fourth-order valence-corrected chi connectivity index (χ4v) is 0.508. The number of likely N-dealkylation sites (N-methyl/N-ethyl adjacent to an activating group) is 1. The van der Waals surface area contributed by atoms with Crippen molar-refractivity contribution in [3.05, 3.63) is 0 Å². The predicted octanol–water partition coefficient (Wildman–Crippen LogP) is 1.76. The van der Waals surface area contributed by atoms with E-state index in [1.165, 1.54) is 0 Å². The minimum atomic E-state index is -0.217. The molecule has 0 rings (SSSR count). The predicted molar refractivity (Wildman–Crippen MR) is 51.0 cm³/mol. The molecule has 0 radical (unpaired) electrons. The van der Waals surface area contributed by atoms with E-state index in [1.54, 1.807) is 0 Å². The lowest BCUT2D eigenvalue weighted by atomic mass is 10.5. The molecule has 0 saturated carbocycles. The van der Waals surface area contributed by atoms with Gasteiger partial charge in [-0.05, 0) is 0 Å². The molecule has 11 heavy (non-hydrogen) atoms. The topological polar surface area (TPSA) is 26.3 Å². The number of quaternary nitrogens is 1. The van der Waals surface area contributed by atoms with Crippen LogP contribution < -0.4 is 0 Å². The van der Waals surface area contributed by atoms with Crippen molar-refractivity contribution in [1.82, 2.24) is 0 Å². The van der Waals surface area contributed by atoms with Gasteiger partial charge in [0.2, 0.25) is 0 Å². The SMILES string of the molecule is C[N+](C)(C)CCOP=O.Cl.Cl. The first kappa shape index (κ1) is 17.6. The van der Waals surface area contributed by atoms with Crippen molar-refractivity contribution in [3.63, 3.8) is 0 Å². The maximum absolute atomic E-state index is 9.76. The van der Waals surface area contributed by atoms with Crippen LogP contribution in [-0.4, -0.2) is 38.8 Å². The third-order valence-electron chi connectivity index (χ3n) is 0.906. The fourth-order valence-electron chi connectivity index (χ4n) is 0.352. The molecule has 0 aliphatic carbocycles. The summed E-state index contributed by atoms with van der Waals surface area (Å²) in [6.45, 7) is 1.43. The van der Waals surface area contributed by atoms with Crippen molar-refractivity contribution in [3.8, 4) is 0 Å². The van der Waals surface area contributed by atoms with E-state index in [1.807, 2.05) is 0 Å². The maximum Gasteiger partial charge on any atom is 0.327 e. The monoisotopic (exact) mass is 222 g/mol. The zero-order valence-electron chi connectivity index (χ0n) is 6.94. The van der Waals surface area contributed by atoms with E-state index < -0.39 is 0 Å². The Balaban J connectivity index is -0.000000320. The summed E-state index contributed by atoms with van der Waals surface area (Å²) >= 11 is 0. The van der Waals surface area contributed by atoms with Crippen LogP contribution in [0.5, 0.6) is 0 Å². The number of nitrogens with zero attached hydrogens (tertiary/aromatic N) is 1. The van der Waals surface area contributed by atoms with E-state index in [2.05, 4.69) is 25.7 Å². The minimum Gasteiger partial charge on any atom is -0.329 e. The van der Waals surface area contributed by atoms with Gasteiger partial charge in [0.05, 0.1) is 21.1 Å². The minimum absolute atomic E-state index is 0. The Bertz CT molecular complexity index is 97.0. The molecule has 0 aromatic carbocycles. The Kier molecular flexibility index (Phi) is 13.9. The van der Waals surface area contributed by atoms with E-state index in [0.29, 0.717) is 6.61 Å². The molecule has 0 amide bonds. The van der Waals surface area contributed by atoms with Crippen LogP contribution in [0.3, 0.4) is 0 Å². The molecule has 3 nitrogen and oxygen atoms in total. The van der Waals surface area contributed by atoms with Crippen molar-refractivity contribution in [2.24, 2.45) is 0 Å². The largest absolute Gasteiger partial charge is 0.329 e. The van der Waals surface area contributed by atoms with Gasteiger partial charge in [0.1, 0.15) is 13.2 Å². The first-order valence-electron chi connectivity index (χ1n) is 2.81. The average Bonchev–Trinajstić information content (AvgIpc) is 1.63. The standard InChI is InChI=1S/C5H13NO2P.2ClH/c1-6(2,3)4-5-8-9-7;;/h4-5H2,1-3H3;2*1H/q+1;;. The van der Waals surface area contributed by atoms with Gasteiger partial charge in [-0.15, -0.1) is 24.8 Å². The highest BCUT2D eigenvalue weighted by Gasteiger charge is 2.04. The van der Waals surface area contributed by atoms with Crippen molar-refractivity contribution in [2.75, 3.05) is 34.3 Å². The lowest BCUT2D eigenvalue weighted by molar-refractivity contribution is -0.870. The zero-order chi connectivity index (χ0) is 7.33. The molecule has 0 aromatic rings. The number of hydrogen-bond acceptors (Lipinski definition) is 2. The van der Waals surface area contributed by atoms with Gasteiger partial charge in [-0.25, -0.2) is 4.57 Å². The Hall–Kier alpha value is 0.600. The Labute approximate surface area is 81.8 Å². The van der Waals surface area contributed by atoms with Crippen molar-refractivity contribution in [2.45, 2.75) is 0 Å². The Morgan fingerprint density at radius 2 is 1.73 bits per heavy atom. The van der Waals surface area contributed by atoms with Gasteiger partial charge < -0.3 is 4.48 Å². The normalized spacial score (nSPS) is 10.1. The van der Waals surface area contributed by atoms with Gasteiger partial charge in [0.15, 0.2) is 0 Å². The molecule has 0 fully saturated rings. The van der Waals surface area contributed by atoms with Crippen LogP contribution in [0.2, 0.25) is 0 Å². The molecule has 0 heterocycles. The van der Waals surface area contributed by atoms with Crippen LogP contribution in [0.4, 0.5) is 0 Å². The number of rotatable bonds is 4. The summed E-state index contributed by atoms with van der Waals surface area (Å²) in [6, 6.07) is 0. The van der Waals surface area contributed by atoms with Gasteiger partial charge in [0, 0.05) is 0 Å². The summed E-state index contributed by atoms with van der Waals surface area (Å²) in [5, 5.41) is 0. The third kappa shape index (κ3) is 18.0. The summed E-state index contributed by atoms with van der Waals surface area (Å²) in [6.07, 6.45) is 0. The molecule has 0 aliphatic heterocycles. The van der Waals surface area contributed by atoms with Crippen molar-refractivity contribution < 1.29 is 13.6 Å². The quantitative estimate of drug-likeness (QED) is 0.412. The second-order valence-corrected chi connectivity index (χ2v) is 3.33. The van der Waals surface area contributed by atoms with Gasteiger partial charge in [-0.2, -0.15) is 0 Å². The molecular formula is C5H15Cl2NO2P+. The van der Waals surface area contributed by atoms with Gasteiger partial charge in [-0.3, -0.25) is 4.52 Å². The summed E-state index contributed by atoms with van der Waals surface area (Å²) < 4.78 is 15.2. The first-order chi connectivity index (χ1) is 4.06. The first-order valence-corrected chi connectivity index (χ1v) is 3.54. The van der Waals surface area contributed by atoms with Crippen LogP contribution in [-0.2, 0) is 9.09 Å². The van der Waals surface area contributed by atoms with E-state index in [-0.39, 0.29) is 33.5 Å². The van der Waals surface area contributed by atoms with Gasteiger partial charge >= 0.3 is 8.69 Å². The molecule has 0 bridgehead atoms. The molecule has 0 aliphatic rings. The van der Waals surface area contributed by atoms with Crippen LogP contribution in [0.1, 0.15) is 0 Å². The number of hydrogen-bond donors (Lipinski definition) is 0. The van der Waals surface area contributed by atoms with E-state index in [9.17, 15) is 4.57 Å². The van der Waals surface area contributed by atoms with Gasteiger partial charge in [0.25, 0.3) is 0 Å². The van der Waals surface area contributed by atoms with E-state index in [0.717, 1.165) is 11.0 Å². The van der Waals surface area contributed by atoms with Crippen LogP contribution in [0.15, 0.2) is 0 Å². The molecule has 6 heteroatoms. The smallest absolute Gasteiger partial charge is 0.327 e. The fraction of sp³-hybridized carbons (Fsp3) is 1.00. The number of halogens is 2. The van der Waals surface area contributed by atoms with Crippen LogP contribution in [0, 0.1) is 0 Å². The summed E-state index contributed by atoms with van der Waals surface area (Å²) in [5.41, 5.74) is 0. The van der Waals surface area contributed by atoms with E-state index in [4.69, 9.17) is 0 Å². The van der Waals surface area contributed by atoms with Crippen molar-refractivity contribution >= 4 is 33.5 Å². The van der Waals surface area contributed by atoms with Crippen LogP contribution in [0.25, 0.3) is 0 Å². The molecule has 0 spiro atoms. The summed E-state index contributed by atoms with van der Waals surface area (Å²) in [4.78, 5) is 0. The summed E-state index contributed by atoms with van der Waals surface area (Å²) in [7, 11) is 5.96. The lowest BCUT2D eigenvalue weighted by Gasteiger charge is -2.22. The summed E-state index contributed by atoms with van der Waals surface area (Å²) in [5.74, 6) is 0. The zero-order valence-corrected chi connectivity index (χ0v) is 9.47. The molecular weight excluding hydrogens is 208 g/mol. The van der Waals surface area contributed by atoms with E-state index >= 15 is 0 Å². The lowest BCUT2D eigenvalue weighted by Crippen LogP contribution is -2.37. The van der Waals surface area contributed by atoms with Gasteiger partial charge in [-0.1, -0.05) is 0 Å². The molecule has 0 unspecified atom stereocenters. The highest BCUT2D eigenvalue weighted by atomic mass is 35.5. The second kappa shape index (κ2) is 8.69. The molecule has 0 saturated heterocycles.